The minimum Gasteiger partial charge on any atom is -0.504 e. The third-order valence-corrected chi connectivity index (χ3v) is 5.86. The molecule has 1 aromatic carbocycles. The molecule has 0 aliphatic carbocycles. The normalized spacial score (nSPS) is 11.4. The second kappa shape index (κ2) is 9.00. The zero-order valence-corrected chi connectivity index (χ0v) is 18.7. The summed E-state index contributed by atoms with van der Waals surface area (Å²) in [4.78, 5) is 11.1. The first-order valence-corrected chi connectivity index (χ1v) is 10.3. The van der Waals surface area contributed by atoms with Crippen molar-refractivity contribution in [2.75, 3.05) is 5.32 Å². The summed E-state index contributed by atoms with van der Waals surface area (Å²) in [5.74, 6) is -1.08. The number of thiocarbonyl (C=S) groups is 1. The van der Waals surface area contributed by atoms with E-state index in [0.717, 1.165) is 11.3 Å². The quantitative estimate of drug-likeness (QED) is 0.239. The van der Waals surface area contributed by atoms with Gasteiger partial charge in [0.2, 0.25) is 0 Å². The van der Waals surface area contributed by atoms with Gasteiger partial charge in [-0.3, -0.25) is 10.1 Å². The number of aromatic hydroxyl groups is 1. The smallest absolute Gasteiger partial charge is 0.345 e. The average molecular weight is 484 g/mol. The molecule has 0 aliphatic rings. The fourth-order valence-electron chi connectivity index (χ4n) is 2.57. The molecule has 8 nitrogen and oxygen atoms in total. The number of thiophene rings is 1. The van der Waals surface area contributed by atoms with Crippen molar-refractivity contribution in [3.8, 4) is 17.0 Å². The number of hydrogen-bond acceptors (Lipinski definition) is 6. The van der Waals surface area contributed by atoms with Crippen LogP contribution >= 0.6 is 46.8 Å². The summed E-state index contributed by atoms with van der Waals surface area (Å²) < 4.78 is 1.51. The first kappa shape index (κ1) is 22.0. The summed E-state index contributed by atoms with van der Waals surface area (Å²) in [6.07, 6.45) is 0. The number of benzene rings is 1. The minimum absolute atomic E-state index is 0.0674. The van der Waals surface area contributed by atoms with Crippen LogP contribution in [-0.2, 0) is 7.05 Å². The molecule has 0 atom stereocenters. The van der Waals surface area contributed by atoms with Gasteiger partial charge in [0.1, 0.15) is 10.6 Å². The van der Waals surface area contributed by atoms with Gasteiger partial charge in [0.15, 0.2) is 16.6 Å². The maximum Gasteiger partial charge on any atom is 0.345 e. The number of hydrazone groups is 1. The summed E-state index contributed by atoms with van der Waals surface area (Å²) in [6, 6.07) is 8.08. The first-order chi connectivity index (χ1) is 14.2. The topological polar surface area (TPSA) is 112 Å². The van der Waals surface area contributed by atoms with Crippen molar-refractivity contribution in [1.82, 2.24) is 15.2 Å². The van der Waals surface area contributed by atoms with E-state index >= 15 is 0 Å². The van der Waals surface area contributed by atoms with E-state index in [0.29, 0.717) is 32.0 Å². The number of anilines is 1. The summed E-state index contributed by atoms with van der Waals surface area (Å²) in [6.45, 7) is 1.66. The summed E-state index contributed by atoms with van der Waals surface area (Å²) in [7, 11) is 1.69. The number of rotatable bonds is 5. The Bertz CT molecular complexity index is 1170. The molecule has 0 amide bonds. The van der Waals surface area contributed by atoms with E-state index in [2.05, 4.69) is 20.9 Å². The Kier molecular flexibility index (Phi) is 6.61. The van der Waals surface area contributed by atoms with Gasteiger partial charge in [-0.25, -0.2) is 4.79 Å². The highest BCUT2D eigenvalue weighted by molar-refractivity contribution is 7.80. The molecular weight excluding hydrogens is 469 g/mol. The zero-order valence-electron chi connectivity index (χ0n) is 15.6. The van der Waals surface area contributed by atoms with Gasteiger partial charge < -0.3 is 15.5 Å². The molecule has 30 heavy (non-hydrogen) atoms. The molecule has 0 bridgehead atoms. The Balaban J connectivity index is 1.76. The molecule has 0 unspecified atom stereocenters. The predicted molar refractivity (Wildman–Crippen MR) is 123 cm³/mol. The van der Waals surface area contributed by atoms with E-state index in [1.165, 1.54) is 10.7 Å². The van der Waals surface area contributed by atoms with Crippen molar-refractivity contribution in [1.29, 1.82) is 0 Å². The number of nitrogens with zero attached hydrogens (tertiary/aromatic N) is 3. The molecular formula is C18H15Cl2N5O3S2. The second-order valence-corrected chi connectivity index (χ2v) is 8.34. The molecule has 3 aromatic rings. The molecule has 0 saturated carbocycles. The molecule has 156 valence electrons. The minimum atomic E-state index is -1.01. The lowest BCUT2D eigenvalue weighted by Crippen LogP contribution is -2.24. The van der Waals surface area contributed by atoms with Crippen LogP contribution in [0.3, 0.4) is 0 Å². The van der Waals surface area contributed by atoms with Gasteiger partial charge in [-0.05, 0) is 43.4 Å². The van der Waals surface area contributed by atoms with E-state index in [-0.39, 0.29) is 21.4 Å². The number of aromatic nitrogens is 2. The van der Waals surface area contributed by atoms with Crippen LogP contribution in [0.5, 0.6) is 5.75 Å². The van der Waals surface area contributed by atoms with E-state index in [9.17, 15) is 9.90 Å². The molecule has 0 fully saturated rings. The van der Waals surface area contributed by atoms with Crippen molar-refractivity contribution in [3.63, 3.8) is 0 Å². The number of aromatic carboxylic acids is 1. The first-order valence-electron chi connectivity index (χ1n) is 8.33. The number of nitrogens with one attached hydrogen (secondary N) is 2. The van der Waals surface area contributed by atoms with E-state index in [4.69, 9.17) is 40.5 Å². The standard InChI is InChI=1S/C18H15Cl2N5O3S2/c1-8(22-23-18(29)21-13-6-5-12(30-13)17(27)28)14-16(26)15(25(2)24-14)9-3-4-10(19)11(20)7-9/h3-7,26H,1-2H3,(H,27,28)(H2,21,23,29)/b22-8+. The van der Waals surface area contributed by atoms with Gasteiger partial charge in [0.05, 0.1) is 20.8 Å². The number of carbonyl (C=O) groups is 1. The van der Waals surface area contributed by atoms with Crippen LogP contribution in [0, 0.1) is 0 Å². The molecule has 0 saturated heterocycles. The monoisotopic (exact) mass is 483 g/mol. The largest absolute Gasteiger partial charge is 0.504 e. The summed E-state index contributed by atoms with van der Waals surface area (Å²) in [5, 5.41) is 32.4. The van der Waals surface area contributed by atoms with Gasteiger partial charge in [0.25, 0.3) is 0 Å². The van der Waals surface area contributed by atoms with Crippen LogP contribution in [-0.4, -0.2) is 36.8 Å². The fourth-order valence-corrected chi connectivity index (χ4v) is 3.84. The molecule has 3 rings (SSSR count). The van der Waals surface area contributed by atoms with E-state index < -0.39 is 5.97 Å². The van der Waals surface area contributed by atoms with Crippen LogP contribution in [0.15, 0.2) is 35.4 Å². The number of hydrogen-bond donors (Lipinski definition) is 4. The predicted octanol–water partition coefficient (Wildman–Crippen LogP) is 4.57. The summed E-state index contributed by atoms with van der Waals surface area (Å²) in [5.41, 5.74) is 4.40. The van der Waals surface area contributed by atoms with Crippen molar-refractivity contribution >= 4 is 68.6 Å². The van der Waals surface area contributed by atoms with Crippen LogP contribution in [0.1, 0.15) is 22.3 Å². The lowest BCUT2D eigenvalue weighted by molar-refractivity contribution is 0.0702. The van der Waals surface area contributed by atoms with Crippen LogP contribution in [0.4, 0.5) is 5.00 Å². The fraction of sp³-hybridized carbons (Fsp3) is 0.111. The SMILES string of the molecule is C/C(=N\NC(=S)Nc1ccc(C(=O)O)s1)c1nn(C)c(-c2ccc(Cl)c(Cl)c2)c1O. The van der Waals surface area contributed by atoms with Crippen molar-refractivity contribution in [3.05, 3.63) is 50.9 Å². The number of aryl methyl sites for hydroxylation is 1. The highest BCUT2D eigenvalue weighted by Crippen LogP contribution is 2.35. The van der Waals surface area contributed by atoms with E-state index in [1.54, 1.807) is 38.2 Å². The van der Waals surface area contributed by atoms with Gasteiger partial charge in [-0.1, -0.05) is 29.3 Å². The number of halogens is 2. The third kappa shape index (κ3) is 4.73. The van der Waals surface area contributed by atoms with Gasteiger partial charge in [0, 0.05) is 12.6 Å². The number of carboxylic acid groups (broad SMARTS) is 1. The Morgan fingerprint density at radius 1 is 1.27 bits per heavy atom. The molecule has 2 heterocycles. The van der Waals surface area contributed by atoms with Crippen LogP contribution < -0.4 is 10.7 Å². The van der Waals surface area contributed by atoms with Crippen molar-refractivity contribution < 1.29 is 15.0 Å². The zero-order chi connectivity index (χ0) is 22.0. The van der Waals surface area contributed by atoms with Crippen LogP contribution in [0.25, 0.3) is 11.3 Å². The Hall–Kier alpha value is -2.66. The van der Waals surface area contributed by atoms with Crippen LogP contribution in [0.2, 0.25) is 10.0 Å². The summed E-state index contributed by atoms with van der Waals surface area (Å²) >= 11 is 18.2. The average Bonchev–Trinajstić information content (AvgIpc) is 3.26. The van der Waals surface area contributed by atoms with E-state index in [1.807, 2.05) is 0 Å². The van der Waals surface area contributed by atoms with Gasteiger partial charge in [-0.2, -0.15) is 10.2 Å². The molecule has 12 heteroatoms. The highest BCUT2D eigenvalue weighted by atomic mass is 35.5. The molecule has 0 radical (unpaired) electrons. The highest BCUT2D eigenvalue weighted by Gasteiger charge is 2.20. The molecule has 2 aromatic heterocycles. The maximum atomic E-state index is 10.9. The second-order valence-electron chi connectivity index (χ2n) is 6.03. The Labute approximate surface area is 190 Å². The third-order valence-electron chi connectivity index (χ3n) is 3.94. The molecule has 4 N–H and O–H groups in total. The maximum absolute atomic E-state index is 10.9. The Morgan fingerprint density at radius 2 is 2.00 bits per heavy atom. The van der Waals surface area contributed by atoms with Crippen molar-refractivity contribution in [2.24, 2.45) is 12.1 Å². The van der Waals surface area contributed by atoms with Crippen molar-refractivity contribution in [2.45, 2.75) is 6.92 Å². The molecule has 0 aliphatic heterocycles. The van der Waals surface area contributed by atoms with Gasteiger partial charge >= 0.3 is 5.97 Å². The lowest BCUT2D eigenvalue weighted by atomic mass is 10.1. The Morgan fingerprint density at radius 3 is 2.63 bits per heavy atom. The molecule has 0 spiro atoms. The lowest BCUT2D eigenvalue weighted by Gasteiger charge is -2.05. The van der Waals surface area contributed by atoms with Gasteiger partial charge in [-0.15, -0.1) is 11.3 Å². The number of carboxylic acids is 1.